The number of aromatic nitrogens is 3. The summed E-state index contributed by atoms with van der Waals surface area (Å²) in [4.78, 5) is 24.3. The molecule has 1 aromatic heterocycles. The highest BCUT2D eigenvalue weighted by Gasteiger charge is 2.10. The van der Waals surface area contributed by atoms with Crippen molar-refractivity contribution >= 4 is 16.9 Å². The number of rotatable bonds is 7. The summed E-state index contributed by atoms with van der Waals surface area (Å²) in [6.07, 6.45) is 0.674. The summed E-state index contributed by atoms with van der Waals surface area (Å²) in [6.45, 7) is 2.21. The second kappa shape index (κ2) is 8.24. The van der Waals surface area contributed by atoms with E-state index in [0.29, 0.717) is 23.9 Å². The van der Waals surface area contributed by atoms with Crippen LogP contribution in [0.3, 0.4) is 0 Å². The number of nitrogens with zero attached hydrogens (tertiary/aromatic N) is 3. The van der Waals surface area contributed by atoms with E-state index in [9.17, 15) is 9.59 Å². The first kappa shape index (κ1) is 17.6. The third-order valence-electron chi connectivity index (χ3n) is 3.85. The first-order valence-electron chi connectivity index (χ1n) is 8.38. The minimum Gasteiger partial charge on any atom is -0.494 e. The topological polar surface area (TPSA) is 83.3 Å². The van der Waals surface area contributed by atoms with Crippen molar-refractivity contribution in [2.24, 2.45) is 0 Å². The number of esters is 1. The monoisotopic (exact) mass is 353 g/mol. The number of para-hydroxylation sites is 1. The summed E-state index contributed by atoms with van der Waals surface area (Å²) >= 11 is 0. The fourth-order valence-corrected chi connectivity index (χ4v) is 2.56. The second-order valence-corrected chi connectivity index (χ2v) is 5.60. The summed E-state index contributed by atoms with van der Waals surface area (Å²) in [5.41, 5.74) is 1.10. The molecule has 0 spiro atoms. The van der Waals surface area contributed by atoms with Gasteiger partial charge in [0.2, 0.25) is 0 Å². The van der Waals surface area contributed by atoms with Crippen LogP contribution in [0.4, 0.5) is 0 Å². The van der Waals surface area contributed by atoms with Crippen LogP contribution in [0.25, 0.3) is 10.9 Å². The van der Waals surface area contributed by atoms with E-state index in [2.05, 4.69) is 10.3 Å². The number of aryl methyl sites for hydroxylation is 1. The van der Waals surface area contributed by atoms with Gasteiger partial charge in [-0.2, -0.15) is 4.68 Å². The van der Waals surface area contributed by atoms with E-state index >= 15 is 0 Å². The molecule has 7 nitrogen and oxygen atoms in total. The Morgan fingerprint density at radius 3 is 2.73 bits per heavy atom. The summed E-state index contributed by atoms with van der Waals surface area (Å²) in [6, 6.07) is 14.5. The van der Waals surface area contributed by atoms with Gasteiger partial charge >= 0.3 is 5.97 Å². The van der Waals surface area contributed by atoms with Crippen molar-refractivity contribution in [1.82, 2.24) is 15.0 Å². The molecule has 0 radical (unpaired) electrons. The molecule has 3 rings (SSSR count). The predicted octanol–water partition coefficient (Wildman–Crippen LogP) is 2.32. The van der Waals surface area contributed by atoms with E-state index in [0.717, 1.165) is 16.0 Å². The maximum atomic E-state index is 12.3. The minimum absolute atomic E-state index is 0.180. The van der Waals surface area contributed by atoms with Crippen molar-refractivity contribution in [3.63, 3.8) is 0 Å². The molecule has 0 saturated heterocycles. The van der Waals surface area contributed by atoms with Crippen LogP contribution in [0, 0.1) is 0 Å². The van der Waals surface area contributed by atoms with Gasteiger partial charge in [-0.3, -0.25) is 9.59 Å². The van der Waals surface area contributed by atoms with Gasteiger partial charge in [0.25, 0.3) is 5.56 Å². The van der Waals surface area contributed by atoms with E-state index in [1.54, 1.807) is 24.3 Å². The zero-order valence-electron chi connectivity index (χ0n) is 14.4. The molecule has 0 fully saturated rings. The fourth-order valence-electron chi connectivity index (χ4n) is 2.56. The average molecular weight is 353 g/mol. The van der Waals surface area contributed by atoms with E-state index in [-0.39, 0.29) is 18.7 Å². The Morgan fingerprint density at radius 2 is 1.88 bits per heavy atom. The number of hydrogen-bond acceptors (Lipinski definition) is 6. The third-order valence-corrected chi connectivity index (χ3v) is 3.85. The number of fused-ring (bicyclic) bond motifs is 1. The Morgan fingerprint density at radius 1 is 1.12 bits per heavy atom. The van der Waals surface area contributed by atoms with Crippen LogP contribution in [-0.2, 0) is 22.7 Å². The predicted molar refractivity (Wildman–Crippen MR) is 95.8 cm³/mol. The molecule has 0 aliphatic carbocycles. The minimum atomic E-state index is -0.418. The van der Waals surface area contributed by atoms with Crippen LogP contribution in [0.15, 0.2) is 53.3 Å². The number of carbonyl (C=O) groups excluding carboxylic acids is 1. The molecular formula is C19H19N3O4. The molecule has 1 heterocycles. The number of hydrogen-bond donors (Lipinski definition) is 0. The Bertz CT molecular complexity index is 968. The number of carbonyl (C=O) groups is 1. The molecule has 0 aliphatic heterocycles. The Kier molecular flexibility index (Phi) is 5.58. The highest BCUT2D eigenvalue weighted by atomic mass is 16.5. The molecule has 0 amide bonds. The highest BCUT2D eigenvalue weighted by molar-refractivity contribution is 5.76. The zero-order valence-corrected chi connectivity index (χ0v) is 14.4. The van der Waals surface area contributed by atoms with E-state index < -0.39 is 5.97 Å². The van der Waals surface area contributed by atoms with Gasteiger partial charge in [-0.15, -0.1) is 5.10 Å². The van der Waals surface area contributed by atoms with Gasteiger partial charge in [-0.1, -0.05) is 35.5 Å². The van der Waals surface area contributed by atoms with Crippen molar-refractivity contribution in [3.8, 4) is 5.75 Å². The van der Waals surface area contributed by atoms with Crippen molar-refractivity contribution in [3.05, 3.63) is 64.4 Å². The van der Waals surface area contributed by atoms with E-state index in [1.165, 1.54) is 0 Å². The second-order valence-electron chi connectivity index (χ2n) is 5.60. The van der Waals surface area contributed by atoms with Crippen LogP contribution < -0.4 is 10.3 Å². The Balaban J connectivity index is 1.60. The molecule has 0 saturated carbocycles. The fraction of sp³-hybridized carbons (Fsp3) is 0.263. The highest BCUT2D eigenvalue weighted by Crippen LogP contribution is 2.19. The smallest absolute Gasteiger partial charge is 0.307 e. The third kappa shape index (κ3) is 4.05. The van der Waals surface area contributed by atoms with Gasteiger partial charge in [-0.25, -0.2) is 0 Å². The van der Waals surface area contributed by atoms with Crippen LogP contribution in [-0.4, -0.2) is 27.6 Å². The maximum absolute atomic E-state index is 12.3. The van der Waals surface area contributed by atoms with Crippen LogP contribution in [0.5, 0.6) is 5.75 Å². The first-order chi connectivity index (χ1) is 12.7. The van der Waals surface area contributed by atoms with Crippen molar-refractivity contribution in [1.29, 1.82) is 0 Å². The van der Waals surface area contributed by atoms with Crippen LogP contribution in [0.1, 0.15) is 18.9 Å². The normalized spacial score (nSPS) is 10.7. The molecule has 134 valence electrons. The van der Waals surface area contributed by atoms with Crippen molar-refractivity contribution in [2.75, 3.05) is 6.61 Å². The SMILES string of the molecule is CCOc1ccccc1CCC(=O)OCn1nnc2ccccc2c1=O. The van der Waals surface area contributed by atoms with Crippen molar-refractivity contribution < 1.29 is 14.3 Å². The molecule has 26 heavy (non-hydrogen) atoms. The Hall–Kier alpha value is -3.22. The summed E-state index contributed by atoms with van der Waals surface area (Å²) in [5.74, 6) is 0.345. The van der Waals surface area contributed by atoms with E-state index in [4.69, 9.17) is 9.47 Å². The van der Waals surface area contributed by atoms with Gasteiger partial charge in [0, 0.05) is 6.42 Å². The van der Waals surface area contributed by atoms with E-state index in [1.807, 2.05) is 31.2 Å². The lowest BCUT2D eigenvalue weighted by atomic mass is 10.1. The summed E-state index contributed by atoms with van der Waals surface area (Å²) < 4.78 is 11.7. The summed E-state index contributed by atoms with van der Waals surface area (Å²) in [5, 5.41) is 8.18. The number of benzene rings is 2. The molecule has 0 unspecified atom stereocenters. The number of ether oxygens (including phenoxy) is 2. The van der Waals surface area contributed by atoms with Gasteiger partial charge in [-0.05, 0) is 37.1 Å². The molecular weight excluding hydrogens is 334 g/mol. The summed E-state index contributed by atoms with van der Waals surface area (Å²) in [7, 11) is 0. The molecule has 3 aromatic rings. The zero-order chi connectivity index (χ0) is 18.4. The first-order valence-corrected chi connectivity index (χ1v) is 8.38. The molecule has 7 heteroatoms. The van der Waals surface area contributed by atoms with Gasteiger partial charge in [0.05, 0.1) is 12.0 Å². The molecule has 0 N–H and O–H groups in total. The molecule has 0 atom stereocenters. The van der Waals surface area contributed by atoms with Gasteiger partial charge in [0.15, 0.2) is 6.73 Å². The van der Waals surface area contributed by atoms with Crippen molar-refractivity contribution in [2.45, 2.75) is 26.5 Å². The quantitative estimate of drug-likeness (QED) is 0.606. The van der Waals surface area contributed by atoms with Crippen LogP contribution >= 0.6 is 0 Å². The lowest BCUT2D eigenvalue weighted by Gasteiger charge is -2.10. The molecule has 0 aliphatic rings. The lowest BCUT2D eigenvalue weighted by Crippen LogP contribution is -2.26. The largest absolute Gasteiger partial charge is 0.494 e. The molecule has 0 bridgehead atoms. The van der Waals surface area contributed by atoms with Gasteiger partial charge in [0.1, 0.15) is 11.3 Å². The lowest BCUT2D eigenvalue weighted by molar-refractivity contribution is -0.148. The molecule has 2 aromatic carbocycles. The Labute approximate surface area is 150 Å². The standard InChI is InChI=1S/C19H19N3O4/c1-2-25-17-10-6-3-7-14(17)11-12-18(23)26-13-22-19(24)15-8-4-5-9-16(15)20-21-22/h3-10H,2,11-13H2,1H3. The van der Waals surface area contributed by atoms with Gasteiger partial charge < -0.3 is 9.47 Å². The average Bonchev–Trinajstić information content (AvgIpc) is 2.67. The van der Waals surface area contributed by atoms with Crippen LogP contribution in [0.2, 0.25) is 0 Å². The maximum Gasteiger partial charge on any atom is 0.307 e.